The molecule has 0 radical (unpaired) electrons. The van der Waals surface area contributed by atoms with Gasteiger partial charge in [-0.2, -0.15) is 0 Å². The largest absolute Gasteiger partial charge is 0.489 e. The van der Waals surface area contributed by atoms with Crippen molar-refractivity contribution < 1.29 is 9.47 Å². The Hall–Kier alpha value is -1.50. The first-order chi connectivity index (χ1) is 12.7. The number of hydrogen-bond donors (Lipinski definition) is 2. The lowest BCUT2D eigenvalue weighted by Crippen LogP contribution is -2.42. The number of morpholine rings is 1. The van der Waals surface area contributed by atoms with Crippen molar-refractivity contribution in [3.63, 3.8) is 0 Å². The van der Waals surface area contributed by atoms with Gasteiger partial charge in [-0.1, -0.05) is 11.6 Å². The van der Waals surface area contributed by atoms with Gasteiger partial charge in [0.15, 0.2) is 5.96 Å². The molecule has 0 amide bonds. The van der Waals surface area contributed by atoms with Crippen LogP contribution in [0.15, 0.2) is 29.3 Å². The maximum Gasteiger partial charge on any atom is 0.191 e. The molecule has 1 heterocycles. The fourth-order valence-corrected chi connectivity index (χ4v) is 2.87. The van der Waals surface area contributed by atoms with Crippen LogP contribution in [-0.2, 0) is 4.74 Å². The van der Waals surface area contributed by atoms with Crippen LogP contribution in [0.25, 0.3) is 0 Å². The molecule has 1 saturated heterocycles. The average molecular weight is 383 g/mol. The molecule has 0 spiro atoms. The molecule has 146 valence electrons. The number of guanidine groups is 1. The number of rotatable bonds is 9. The molecule has 0 bridgehead atoms. The van der Waals surface area contributed by atoms with Crippen molar-refractivity contribution in [2.24, 2.45) is 4.99 Å². The molecular weight excluding hydrogens is 352 g/mol. The van der Waals surface area contributed by atoms with Gasteiger partial charge in [0.05, 0.1) is 19.8 Å². The summed E-state index contributed by atoms with van der Waals surface area (Å²) in [6.45, 7) is 8.60. The molecule has 1 unspecified atom stereocenters. The van der Waals surface area contributed by atoms with E-state index in [9.17, 15) is 0 Å². The predicted molar refractivity (Wildman–Crippen MR) is 107 cm³/mol. The van der Waals surface area contributed by atoms with Crippen molar-refractivity contribution in [2.75, 3.05) is 53.0 Å². The van der Waals surface area contributed by atoms with Gasteiger partial charge in [-0.05, 0) is 50.6 Å². The van der Waals surface area contributed by atoms with E-state index in [-0.39, 0.29) is 6.10 Å². The zero-order chi connectivity index (χ0) is 18.6. The first-order valence-electron chi connectivity index (χ1n) is 9.34. The Morgan fingerprint density at radius 3 is 2.65 bits per heavy atom. The number of hydrogen-bond acceptors (Lipinski definition) is 4. The molecule has 2 N–H and O–H groups in total. The first-order valence-corrected chi connectivity index (χ1v) is 9.72. The number of nitrogens with zero attached hydrogens (tertiary/aromatic N) is 2. The maximum absolute atomic E-state index is 5.88. The number of aliphatic imine (C=N–C) groups is 1. The van der Waals surface area contributed by atoms with Crippen LogP contribution in [0.3, 0.4) is 0 Å². The van der Waals surface area contributed by atoms with E-state index in [2.05, 4.69) is 20.5 Å². The van der Waals surface area contributed by atoms with Gasteiger partial charge in [0.25, 0.3) is 0 Å². The third-order valence-electron chi connectivity index (χ3n) is 4.23. The molecule has 2 rings (SSSR count). The van der Waals surface area contributed by atoms with Crippen LogP contribution in [0.5, 0.6) is 5.75 Å². The highest BCUT2D eigenvalue weighted by Gasteiger charge is 2.09. The molecule has 6 nitrogen and oxygen atoms in total. The van der Waals surface area contributed by atoms with E-state index >= 15 is 0 Å². The molecule has 1 atom stereocenters. The van der Waals surface area contributed by atoms with Gasteiger partial charge in [-0.15, -0.1) is 0 Å². The molecule has 1 aromatic carbocycles. The van der Waals surface area contributed by atoms with Crippen LogP contribution >= 0.6 is 11.6 Å². The van der Waals surface area contributed by atoms with Crippen LogP contribution in [0.4, 0.5) is 0 Å². The fourth-order valence-electron chi connectivity index (χ4n) is 2.74. The minimum atomic E-state index is 0.0241. The Balaban J connectivity index is 1.55. The van der Waals surface area contributed by atoms with Crippen LogP contribution in [0.1, 0.15) is 19.8 Å². The summed E-state index contributed by atoms with van der Waals surface area (Å²) in [5.74, 6) is 1.62. The monoisotopic (exact) mass is 382 g/mol. The molecule has 1 aliphatic heterocycles. The van der Waals surface area contributed by atoms with E-state index in [1.165, 1.54) is 6.42 Å². The summed E-state index contributed by atoms with van der Waals surface area (Å²) < 4.78 is 11.2. The summed E-state index contributed by atoms with van der Waals surface area (Å²) in [5, 5.41) is 7.37. The molecule has 0 aliphatic carbocycles. The Morgan fingerprint density at radius 2 is 1.96 bits per heavy atom. The summed E-state index contributed by atoms with van der Waals surface area (Å²) >= 11 is 5.88. The third kappa shape index (κ3) is 8.25. The van der Waals surface area contributed by atoms with Gasteiger partial charge in [-0.25, -0.2) is 0 Å². The summed E-state index contributed by atoms with van der Waals surface area (Å²) in [6.07, 6.45) is 2.32. The third-order valence-corrected chi connectivity index (χ3v) is 4.48. The zero-order valence-corrected chi connectivity index (χ0v) is 16.6. The van der Waals surface area contributed by atoms with Gasteiger partial charge < -0.3 is 20.1 Å². The van der Waals surface area contributed by atoms with Gasteiger partial charge in [0.2, 0.25) is 0 Å². The molecule has 0 aromatic heterocycles. The van der Waals surface area contributed by atoms with Crippen LogP contribution in [0, 0.1) is 0 Å². The van der Waals surface area contributed by atoms with Crippen molar-refractivity contribution >= 4 is 17.6 Å². The number of halogens is 1. The molecule has 26 heavy (non-hydrogen) atoms. The van der Waals surface area contributed by atoms with Crippen molar-refractivity contribution in [1.29, 1.82) is 0 Å². The highest BCUT2D eigenvalue weighted by molar-refractivity contribution is 6.30. The molecule has 1 aromatic rings. The standard InChI is InChI=1S/C19H31ClN4O2/c1-16(26-18-7-5-17(20)6-8-18)15-23-19(21-2)22-9-3-4-10-24-11-13-25-14-12-24/h5-8,16H,3-4,9-15H2,1-2H3,(H2,21,22,23). The van der Waals surface area contributed by atoms with Gasteiger partial charge >= 0.3 is 0 Å². The summed E-state index contributed by atoms with van der Waals surface area (Å²) in [7, 11) is 1.79. The lowest BCUT2D eigenvalue weighted by molar-refractivity contribution is 0.0372. The first kappa shape index (κ1) is 20.8. The molecule has 1 fully saturated rings. The quantitative estimate of drug-likeness (QED) is 0.390. The Bertz CT molecular complexity index is 533. The van der Waals surface area contributed by atoms with Crippen LogP contribution in [0.2, 0.25) is 5.02 Å². The predicted octanol–water partition coefficient (Wildman–Crippen LogP) is 2.38. The van der Waals surface area contributed by atoms with E-state index < -0.39 is 0 Å². The van der Waals surface area contributed by atoms with Crippen molar-refractivity contribution in [3.8, 4) is 5.75 Å². The highest BCUT2D eigenvalue weighted by Crippen LogP contribution is 2.16. The second kappa shape index (κ2) is 12.0. The maximum atomic E-state index is 5.88. The van der Waals surface area contributed by atoms with E-state index in [0.29, 0.717) is 11.6 Å². The van der Waals surface area contributed by atoms with Gasteiger partial charge in [-0.3, -0.25) is 9.89 Å². The number of unbranched alkanes of at least 4 members (excludes halogenated alkanes) is 1. The lowest BCUT2D eigenvalue weighted by atomic mass is 10.2. The Morgan fingerprint density at radius 1 is 1.23 bits per heavy atom. The number of benzene rings is 1. The van der Waals surface area contributed by atoms with Crippen molar-refractivity contribution in [3.05, 3.63) is 29.3 Å². The normalized spacial score (nSPS) is 17.0. The number of nitrogens with one attached hydrogen (secondary N) is 2. The highest BCUT2D eigenvalue weighted by atomic mass is 35.5. The summed E-state index contributed by atoms with van der Waals surface area (Å²) in [6, 6.07) is 7.41. The van der Waals surface area contributed by atoms with Gasteiger partial charge in [0, 0.05) is 31.7 Å². The lowest BCUT2D eigenvalue weighted by Gasteiger charge is -2.26. The minimum absolute atomic E-state index is 0.0241. The number of ether oxygens (including phenoxy) is 2. The van der Waals surface area contributed by atoms with E-state index in [4.69, 9.17) is 21.1 Å². The summed E-state index contributed by atoms with van der Waals surface area (Å²) in [4.78, 5) is 6.73. The molecule has 7 heteroatoms. The SMILES string of the molecule is CN=C(NCCCCN1CCOCC1)NCC(C)Oc1ccc(Cl)cc1. The second-order valence-electron chi connectivity index (χ2n) is 6.42. The van der Waals surface area contributed by atoms with E-state index in [1.807, 2.05) is 31.2 Å². The van der Waals surface area contributed by atoms with E-state index in [1.54, 1.807) is 7.05 Å². The Labute approximate surface area is 161 Å². The molecule has 0 saturated carbocycles. The average Bonchev–Trinajstić information content (AvgIpc) is 2.66. The summed E-state index contributed by atoms with van der Waals surface area (Å²) in [5.41, 5.74) is 0. The van der Waals surface area contributed by atoms with E-state index in [0.717, 1.165) is 57.5 Å². The Kier molecular flexibility index (Phi) is 9.60. The van der Waals surface area contributed by atoms with Gasteiger partial charge in [0.1, 0.15) is 11.9 Å². The topological polar surface area (TPSA) is 58.1 Å². The zero-order valence-electron chi connectivity index (χ0n) is 15.8. The second-order valence-corrected chi connectivity index (χ2v) is 6.86. The fraction of sp³-hybridized carbons (Fsp3) is 0.632. The smallest absolute Gasteiger partial charge is 0.191 e. The minimum Gasteiger partial charge on any atom is -0.489 e. The van der Waals surface area contributed by atoms with Crippen molar-refractivity contribution in [2.45, 2.75) is 25.9 Å². The van der Waals surface area contributed by atoms with Crippen LogP contribution in [-0.4, -0.2) is 69.9 Å². The molecule has 1 aliphatic rings. The van der Waals surface area contributed by atoms with Crippen molar-refractivity contribution in [1.82, 2.24) is 15.5 Å². The van der Waals surface area contributed by atoms with Crippen LogP contribution < -0.4 is 15.4 Å². The molecular formula is C19H31ClN4O2.